The summed E-state index contributed by atoms with van der Waals surface area (Å²) in [5.74, 6) is -3.20. The lowest BCUT2D eigenvalue weighted by Crippen LogP contribution is -2.30. The van der Waals surface area contributed by atoms with Crippen molar-refractivity contribution >= 4 is 0 Å². The van der Waals surface area contributed by atoms with Crippen molar-refractivity contribution in [3.63, 3.8) is 0 Å². The second kappa shape index (κ2) is 4.29. The van der Waals surface area contributed by atoms with Crippen LogP contribution in [0.5, 0.6) is 0 Å². The molecular formula is C12H12F3N. The third-order valence-corrected chi connectivity index (χ3v) is 2.92. The normalized spacial score (nSPS) is 24.8. The minimum absolute atomic E-state index is 0.163. The molecule has 0 aliphatic heterocycles. The van der Waals surface area contributed by atoms with E-state index in [0.717, 1.165) is 6.07 Å². The SMILES string of the molecule is NC1CC=CCC1c1cc(F)c(F)cc1F. The molecule has 1 aromatic rings. The van der Waals surface area contributed by atoms with E-state index in [-0.39, 0.29) is 17.5 Å². The maximum atomic E-state index is 13.5. The molecule has 1 aliphatic carbocycles. The van der Waals surface area contributed by atoms with Crippen molar-refractivity contribution in [2.75, 3.05) is 0 Å². The van der Waals surface area contributed by atoms with Crippen LogP contribution in [0.2, 0.25) is 0 Å². The van der Waals surface area contributed by atoms with Gasteiger partial charge in [0.1, 0.15) is 5.82 Å². The second-order valence-corrected chi connectivity index (χ2v) is 4.00. The highest BCUT2D eigenvalue weighted by atomic mass is 19.2. The fourth-order valence-electron chi connectivity index (χ4n) is 2.01. The largest absolute Gasteiger partial charge is 0.327 e. The molecule has 0 bridgehead atoms. The topological polar surface area (TPSA) is 26.0 Å². The van der Waals surface area contributed by atoms with E-state index in [1.165, 1.54) is 0 Å². The smallest absolute Gasteiger partial charge is 0.161 e. The Hall–Kier alpha value is -1.29. The van der Waals surface area contributed by atoms with Gasteiger partial charge < -0.3 is 5.73 Å². The molecule has 16 heavy (non-hydrogen) atoms. The number of hydrogen-bond acceptors (Lipinski definition) is 1. The Morgan fingerprint density at radius 1 is 0.938 bits per heavy atom. The predicted octanol–water partition coefficient (Wildman–Crippen LogP) is 2.86. The molecule has 0 spiro atoms. The molecule has 2 unspecified atom stereocenters. The minimum atomic E-state index is -1.17. The van der Waals surface area contributed by atoms with Gasteiger partial charge in [-0.2, -0.15) is 0 Å². The average molecular weight is 227 g/mol. The van der Waals surface area contributed by atoms with Gasteiger partial charge in [-0.15, -0.1) is 0 Å². The van der Waals surface area contributed by atoms with Gasteiger partial charge in [0, 0.05) is 18.0 Å². The molecule has 86 valence electrons. The third-order valence-electron chi connectivity index (χ3n) is 2.92. The van der Waals surface area contributed by atoms with E-state index in [1.54, 1.807) is 0 Å². The lowest BCUT2D eigenvalue weighted by Gasteiger charge is -2.25. The summed E-state index contributed by atoms with van der Waals surface area (Å²) < 4.78 is 39.3. The number of allylic oxidation sites excluding steroid dienone is 1. The van der Waals surface area contributed by atoms with Crippen LogP contribution in [0, 0.1) is 17.5 Å². The Bertz CT molecular complexity index is 429. The van der Waals surface area contributed by atoms with E-state index in [1.807, 2.05) is 12.2 Å². The number of halogens is 3. The van der Waals surface area contributed by atoms with Crippen LogP contribution in [0.1, 0.15) is 24.3 Å². The van der Waals surface area contributed by atoms with Crippen LogP contribution >= 0.6 is 0 Å². The van der Waals surface area contributed by atoms with Gasteiger partial charge in [-0.1, -0.05) is 12.2 Å². The number of hydrogen-bond donors (Lipinski definition) is 1. The van der Waals surface area contributed by atoms with E-state index >= 15 is 0 Å². The van der Waals surface area contributed by atoms with Gasteiger partial charge in [0.15, 0.2) is 11.6 Å². The van der Waals surface area contributed by atoms with E-state index in [0.29, 0.717) is 18.9 Å². The van der Waals surface area contributed by atoms with Crippen molar-refractivity contribution in [3.05, 3.63) is 47.3 Å². The Labute approximate surface area is 91.8 Å². The fraction of sp³-hybridized carbons (Fsp3) is 0.333. The first-order valence-corrected chi connectivity index (χ1v) is 5.14. The molecule has 2 atom stereocenters. The highest BCUT2D eigenvalue weighted by Gasteiger charge is 2.24. The van der Waals surface area contributed by atoms with Crippen molar-refractivity contribution < 1.29 is 13.2 Å². The molecule has 0 heterocycles. The molecule has 1 nitrogen and oxygen atoms in total. The van der Waals surface area contributed by atoms with Crippen molar-refractivity contribution in [1.82, 2.24) is 0 Å². The predicted molar refractivity (Wildman–Crippen MR) is 55.4 cm³/mol. The van der Waals surface area contributed by atoms with Gasteiger partial charge in [-0.25, -0.2) is 13.2 Å². The summed E-state index contributed by atoms with van der Waals surface area (Å²) in [6, 6.07) is 1.24. The Morgan fingerprint density at radius 2 is 1.56 bits per heavy atom. The molecule has 2 rings (SSSR count). The highest BCUT2D eigenvalue weighted by Crippen LogP contribution is 2.31. The highest BCUT2D eigenvalue weighted by molar-refractivity contribution is 5.27. The third kappa shape index (κ3) is 1.97. The van der Waals surface area contributed by atoms with Crippen LogP contribution < -0.4 is 5.73 Å². The monoisotopic (exact) mass is 227 g/mol. The molecule has 1 aliphatic rings. The van der Waals surface area contributed by atoms with Gasteiger partial charge in [-0.05, 0) is 24.5 Å². The minimum Gasteiger partial charge on any atom is -0.327 e. The van der Waals surface area contributed by atoms with Crippen molar-refractivity contribution in [2.24, 2.45) is 5.73 Å². The molecule has 0 saturated heterocycles. The Balaban J connectivity index is 2.39. The van der Waals surface area contributed by atoms with Crippen LogP contribution in [-0.2, 0) is 0 Å². The summed E-state index contributed by atoms with van der Waals surface area (Å²) in [6.07, 6.45) is 4.99. The van der Waals surface area contributed by atoms with Gasteiger partial charge in [0.2, 0.25) is 0 Å². The zero-order chi connectivity index (χ0) is 11.7. The van der Waals surface area contributed by atoms with Crippen LogP contribution in [0.4, 0.5) is 13.2 Å². The molecule has 0 aromatic heterocycles. The zero-order valence-corrected chi connectivity index (χ0v) is 8.59. The number of nitrogens with two attached hydrogens (primary N) is 1. The fourth-order valence-corrected chi connectivity index (χ4v) is 2.01. The van der Waals surface area contributed by atoms with E-state index in [4.69, 9.17) is 5.73 Å². The Kier molecular flexibility index (Phi) is 3.01. The quantitative estimate of drug-likeness (QED) is 0.579. The van der Waals surface area contributed by atoms with E-state index in [9.17, 15) is 13.2 Å². The van der Waals surface area contributed by atoms with Crippen LogP contribution in [0.15, 0.2) is 24.3 Å². The van der Waals surface area contributed by atoms with Crippen molar-refractivity contribution in [2.45, 2.75) is 24.8 Å². The number of rotatable bonds is 1. The maximum Gasteiger partial charge on any atom is 0.161 e. The molecule has 1 aromatic carbocycles. The van der Waals surface area contributed by atoms with Crippen LogP contribution in [-0.4, -0.2) is 6.04 Å². The van der Waals surface area contributed by atoms with Gasteiger partial charge in [0.25, 0.3) is 0 Å². The van der Waals surface area contributed by atoms with E-state index < -0.39 is 17.5 Å². The van der Waals surface area contributed by atoms with Gasteiger partial charge >= 0.3 is 0 Å². The first-order chi connectivity index (χ1) is 7.59. The first-order valence-electron chi connectivity index (χ1n) is 5.14. The molecule has 2 N–H and O–H groups in total. The molecule has 0 saturated carbocycles. The molecule has 0 radical (unpaired) electrons. The summed E-state index contributed by atoms with van der Waals surface area (Å²) in [5, 5.41) is 0. The lowest BCUT2D eigenvalue weighted by molar-refractivity contribution is 0.461. The lowest BCUT2D eigenvalue weighted by atomic mass is 9.83. The molecule has 0 amide bonds. The van der Waals surface area contributed by atoms with Crippen molar-refractivity contribution in [3.8, 4) is 0 Å². The maximum absolute atomic E-state index is 13.5. The summed E-state index contributed by atoms with van der Waals surface area (Å²) in [4.78, 5) is 0. The average Bonchev–Trinajstić information content (AvgIpc) is 2.25. The van der Waals surface area contributed by atoms with Crippen molar-refractivity contribution in [1.29, 1.82) is 0 Å². The van der Waals surface area contributed by atoms with Crippen LogP contribution in [0.25, 0.3) is 0 Å². The summed E-state index contributed by atoms with van der Waals surface area (Å²) in [5.41, 5.74) is 6.00. The molecule has 0 fully saturated rings. The molecular weight excluding hydrogens is 215 g/mol. The van der Waals surface area contributed by atoms with Gasteiger partial charge in [0.05, 0.1) is 0 Å². The first kappa shape index (κ1) is 11.2. The standard InChI is InChI=1S/C12H12F3N/c13-9-6-11(15)10(14)5-8(9)7-3-1-2-4-12(7)16/h1-2,5-7,12H,3-4,16H2. The summed E-state index contributed by atoms with van der Waals surface area (Å²) in [6.45, 7) is 0. The summed E-state index contributed by atoms with van der Waals surface area (Å²) in [7, 11) is 0. The number of benzene rings is 1. The summed E-state index contributed by atoms with van der Waals surface area (Å²) >= 11 is 0. The molecule has 4 heteroatoms. The van der Waals surface area contributed by atoms with E-state index in [2.05, 4.69) is 0 Å². The Morgan fingerprint density at radius 3 is 2.25 bits per heavy atom. The zero-order valence-electron chi connectivity index (χ0n) is 8.59. The van der Waals surface area contributed by atoms with Crippen LogP contribution in [0.3, 0.4) is 0 Å². The second-order valence-electron chi connectivity index (χ2n) is 4.00. The van der Waals surface area contributed by atoms with Gasteiger partial charge in [-0.3, -0.25) is 0 Å².